The second kappa shape index (κ2) is 7.24. The van der Waals surface area contributed by atoms with E-state index in [0.29, 0.717) is 18.4 Å². The van der Waals surface area contributed by atoms with E-state index in [1.807, 2.05) is 29.0 Å². The Bertz CT molecular complexity index is 600. The van der Waals surface area contributed by atoms with Crippen LogP contribution in [-0.4, -0.2) is 35.1 Å². The Labute approximate surface area is 138 Å². The fourth-order valence-corrected chi connectivity index (χ4v) is 3.18. The van der Waals surface area contributed by atoms with Crippen molar-refractivity contribution in [2.45, 2.75) is 20.4 Å². The summed E-state index contributed by atoms with van der Waals surface area (Å²) < 4.78 is 0.774. The van der Waals surface area contributed by atoms with Crippen molar-refractivity contribution >= 4 is 46.4 Å². The van der Waals surface area contributed by atoms with E-state index in [2.05, 4.69) is 28.8 Å². The second-order valence-electron chi connectivity index (χ2n) is 4.44. The predicted octanol–water partition coefficient (Wildman–Crippen LogP) is 3.72. The quantitative estimate of drug-likeness (QED) is 0.798. The van der Waals surface area contributed by atoms with Crippen molar-refractivity contribution in [3.8, 4) is 0 Å². The molecule has 5 nitrogen and oxygen atoms in total. The van der Waals surface area contributed by atoms with Gasteiger partial charge >= 0.3 is 0 Å². The molecule has 0 radical (unpaired) electrons. The summed E-state index contributed by atoms with van der Waals surface area (Å²) in [6, 6.07) is 3.88. The molecule has 0 aliphatic heterocycles. The maximum absolute atomic E-state index is 6.03. The second-order valence-corrected chi connectivity index (χ2v) is 6.58. The van der Waals surface area contributed by atoms with E-state index in [4.69, 9.17) is 23.2 Å². The molecule has 2 aromatic rings. The lowest BCUT2D eigenvalue weighted by Gasteiger charge is -2.21. The molecule has 0 bridgehead atoms. The smallest absolute Gasteiger partial charge is 0.231 e. The first-order valence-electron chi connectivity index (χ1n) is 6.65. The fraction of sp³-hybridized carbons (Fsp3) is 0.462. The van der Waals surface area contributed by atoms with Gasteiger partial charge in [0.2, 0.25) is 17.2 Å². The van der Waals surface area contributed by atoms with Gasteiger partial charge in [0.05, 0.1) is 10.9 Å². The molecule has 2 aromatic heterocycles. The largest absolute Gasteiger partial charge is 0.341 e. The van der Waals surface area contributed by atoms with E-state index in [1.54, 1.807) is 11.3 Å². The summed E-state index contributed by atoms with van der Waals surface area (Å²) in [7, 11) is 1.92. The van der Waals surface area contributed by atoms with Crippen molar-refractivity contribution in [1.29, 1.82) is 0 Å². The predicted molar refractivity (Wildman–Crippen MR) is 89.8 cm³/mol. The molecule has 0 aliphatic rings. The molecular formula is C13H17Cl2N5S. The summed E-state index contributed by atoms with van der Waals surface area (Å²) in [4.78, 5) is 18.0. The van der Waals surface area contributed by atoms with Gasteiger partial charge in [0.1, 0.15) is 0 Å². The molecule has 0 N–H and O–H groups in total. The molecule has 0 saturated heterocycles. The molecule has 0 amide bonds. The average molecular weight is 346 g/mol. The standard InChI is InChI=1S/C13H17Cl2N5S/c1-4-20(5-2)13-17-11(15)16-12(18-13)19(3)8-9-6-7-10(14)21-9/h6-7H,4-5,8H2,1-3H3. The Morgan fingerprint density at radius 2 is 1.71 bits per heavy atom. The maximum Gasteiger partial charge on any atom is 0.231 e. The van der Waals surface area contributed by atoms with Gasteiger partial charge in [-0.1, -0.05) is 11.6 Å². The van der Waals surface area contributed by atoms with E-state index in [0.717, 1.165) is 22.3 Å². The Balaban J connectivity index is 2.22. The highest BCUT2D eigenvalue weighted by atomic mass is 35.5. The third-order valence-electron chi connectivity index (χ3n) is 2.99. The highest BCUT2D eigenvalue weighted by Crippen LogP contribution is 2.24. The minimum atomic E-state index is 0.206. The molecule has 0 fully saturated rings. The van der Waals surface area contributed by atoms with Crippen molar-refractivity contribution in [1.82, 2.24) is 15.0 Å². The lowest BCUT2D eigenvalue weighted by Crippen LogP contribution is -2.26. The first-order chi connectivity index (χ1) is 10.0. The third kappa shape index (κ3) is 4.18. The van der Waals surface area contributed by atoms with Crippen LogP contribution in [-0.2, 0) is 6.54 Å². The fourth-order valence-electron chi connectivity index (χ4n) is 1.89. The zero-order valence-corrected chi connectivity index (χ0v) is 14.5. The summed E-state index contributed by atoms with van der Waals surface area (Å²) in [5.41, 5.74) is 0. The molecule has 21 heavy (non-hydrogen) atoms. The summed E-state index contributed by atoms with van der Waals surface area (Å²) in [6.45, 7) is 6.42. The topological polar surface area (TPSA) is 45.2 Å². The molecule has 2 rings (SSSR count). The number of hydrogen-bond donors (Lipinski definition) is 0. The van der Waals surface area contributed by atoms with Gasteiger partial charge in [-0.3, -0.25) is 0 Å². The Morgan fingerprint density at radius 1 is 1.05 bits per heavy atom. The molecule has 8 heteroatoms. The van der Waals surface area contributed by atoms with Crippen LogP contribution in [0.3, 0.4) is 0 Å². The van der Waals surface area contributed by atoms with Crippen LogP contribution >= 0.6 is 34.5 Å². The molecular weight excluding hydrogens is 329 g/mol. The van der Waals surface area contributed by atoms with Crippen LogP contribution in [0.4, 0.5) is 11.9 Å². The average Bonchev–Trinajstić information content (AvgIpc) is 2.85. The Hall–Kier alpha value is -1.11. The van der Waals surface area contributed by atoms with Crippen LogP contribution in [0.25, 0.3) is 0 Å². The number of halogens is 2. The van der Waals surface area contributed by atoms with Gasteiger partial charge in [0.15, 0.2) is 0 Å². The van der Waals surface area contributed by atoms with Gasteiger partial charge in [0, 0.05) is 25.0 Å². The molecule has 0 saturated carbocycles. The normalized spacial score (nSPS) is 10.7. The summed E-state index contributed by atoms with van der Waals surface area (Å²) >= 11 is 13.5. The number of anilines is 2. The van der Waals surface area contributed by atoms with E-state index >= 15 is 0 Å². The SMILES string of the molecule is CCN(CC)c1nc(Cl)nc(N(C)Cc2ccc(Cl)s2)n1. The number of thiophene rings is 1. The van der Waals surface area contributed by atoms with Crippen molar-refractivity contribution < 1.29 is 0 Å². The number of nitrogens with zero attached hydrogens (tertiary/aromatic N) is 5. The van der Waals surface area contributed by atoms with Gasteiger partial charge in [0.25, 0.3) is 0 Å². The first kappa shape index (κ1) is 16.3. The molecule has 0 aromatic carbocycles. The molecule has 0 spiro atoms. The van der Waals surface area contributed by atoms with Gasteiger partial charge in [-0.25, -0.2) is 0 Å². The monoisotopic (exact) mass is 345 g/mol. The van der Waals surface area contributed by atoms with Crippen LogP contribution in [0.15, 0.2) is 12.1 Å². The van der Waals surface area contributed by atoms with E-state index in [-0.39, 0.29) is 5.28 Å². The molecule has 0 unspecified atom stereocenters. The Morgan fingerprint density at radius 3 is 2.29 bits per heavy atom. The number of aromatic nitrogens is 3. The van der Waals surface area contributed by atoms with E-state index in [1.165, 1.54) is 0 Å². The third-order valence-corrected chi connectivity index (χ3v) is 4.38. The number of hydrogen-bond acceptors (Lipinski definition) is 6. The molecule has 0 aliphatic carbocycles. The van der Waals surface area contributed by atoms with Crippen LogP contribution < -0.4 is 9.80 Å². The van der Waals surface area contributed by atoms with Gasteiger partial charge in [-0.05, 0) is 37.6 Å². The lowest BCUT2D eigenvalue weighted by molar-refractivity contribution is 0.793. The van der Waals surface area contributed by atoms with E-state index < -0.39 is 0 Å². The van der Waals surface area contributed by atoms with Gasteiger partial charge in [-0.2, -0.15) is 15.0 Å². The van der Waals surface area contributed by atoms with Crippen molar-refractivity contribution in [2.24, 2.45) is 0 Å². The van der Waals surface area contributed by atoms with Gasteiger partial charge in [-0.15, -0.1) is 11.3 Å². The highest BCUT2D eigenvalue weighted by molar-refractivity contribution is 7.16. The minimum Gasteiger partial charge on any atom is -0.341 e. The lowest BCUT2D eigenvalue weighted by atomic mass is 10.4. The summed E-state index contributed by atoms with van der Waals surface area (Å²) in [5, 5.41) is 0.206. The van der Waals surface area contributed by atoms with Crippen LogP contribution in [0.1, 0.15) is 18.7 Å². The van der Waals surface area contributed by atoms with Gasteiger partial charge < -0.3 is 9.80 Å². The van der Waals surface area contributed by atoms with Crippen LogP contribution in [0.2, 0.25) is 9.62 Å². The van der Waals surface area contributed by atoms with Crippen LogP contribution in [0, 0.1) is 0 Å². The minimum absolute atomic E-state index is 0.206. The summed E-state index contributed by atoms with van der Waals surface area (Å²) in [5.74, 6) is 1.16. The molecule has 114 valence electrons. The van der Waals surface area contributed by atoms with E-state index in [9.17, 15) is 0 Å². The number of rotatable bonds is 6. The first-order valence-corrected chi connectivity index (χ1v) is 8.22. The van der Waals surface area contributed by atoms with Crippen molar-refractivity contribution in [3.63, 3.8) is 0 Å². The molecule has 2 heterocycles. The Kier molecular flexibility index (Phi) is 5.61. The maximum atomic E-state index is 6.03. The summed E-state index contributed by atoms with van der Waals surface area (Å²) in [6.07, 6.45) is 0. The highest BCUT2D eigenvalue weighted by Gasteiger charge is 2.13. The zero-order chi connectivity index (χ0) is 15.4. The van der Waals surface area contributed by atoms with Crippen molar-refractivity contribution in [3.05, 3.63) is 26.6 Å². The van der Waals surface area contributed by atoms with Crippen molar-refractivity contribution in [2.75, 3.05) is 29.9 Å². The molecule has 0 atom stereocenters. The zero-order valence-electron chi connectivity index (χ0n) is 12.2. The van der Waals surface area contributed by atoms with Crippen LogP contribution in [0.5, 0.6) is 0 Å².